The van der Waals surface area contributed by atoms with E-state index in [2.05, 4.69) is 56.1 Å². The molecule has 1 aromatic rings. The molecule has 0 radical (unpaired) electrons. The van der Waals surface area contributed by atoms with Crippen LogP contribution >= 0.6 is 11.8 Å². The maximum absolute atomic E-state index is 11.0. The van der Waals surface area contributed by atoms with E-state index in [-0.39, 0.29) is 10.7 Å². The Bertz CT molecular complexity index is 414. The highest BCUT2D eigenvalue weighted by molar-refractivity contribution is 8.00. The van der Waals surface area contributed by atoms with Gasteiger partial charge in [0.25, 0.3) is 0 Å². The lowest BCUT2D eigenvalue weighted by atomic mass is 10.0. The van der Waals surface area contributed by atoms with Crippen LogP contribution in [-0.4, -0.2) is 17.2 Å². The standard InChI is InChI=1S/C17H25NOS/c1-4-16(19)18-14-10-6-9-13-17(2,3)20-15-11-7-5-8-12-15/h4-5,7-8,11-12H,1,6,9-10,13-14H2,2-3H3,(H,18,19). The molecule has 2 nitrogen and oxygen atoms in total. The van der Waals surface area contributed by atoms with Crippen molar-refractivity contribution in [3.8, 4) is 0 Å². The summed E-state index contributed by atoms with van der Waals surface area (Å²) < 4.78 is 0.256. The van der Waals surface area contributed by atoms with Gasteiger partial charge in [0.2, 0.25) is 5.91 Å². The van der Waals surface area contributed by atoms with E-state index in [1.807, 2.05) is 11.8 Å². The third-order valence-corrected chi connectivity index (χ3v) is 4.34. The molecule has 0 aliphatic rings. The minimum absolute atomic E-state index is 0.0787. The number of unbranched alkanes of at least 4 members (excludes halogenated alkanes) is 2. The molecule has 0 aliphatic heterocycles. The first-order chi connectivity index (χ1) is 9.53. The minimum Gasteiger partial charge on any atom is -0.353 e. The number of nitrogens with one attached hydrogen (secondary N) is 1. The second-order valence-electron chi connectivity index (χ2n) is 5.48. The lowest BCUT2D eigenvalue weighted by Gasteiger charge is -2.24. The van der Waals surface area contributed by atoms with Gasteiger partial charge in [-0.25, -0.2) is 0 Å². The Kier molecular flexibility index (Phi) is 7.45. The fourth-order valence-corrected chi connectivity index (χ4v) is 3.17. The predicted octanol–water partition coefficient (Wildman–Crippen LogP) is 4.42. The Morgan fingerprint density at radius 3 is 2.60 bits per heavy atom. The monoisotopic (exact) mass is 291 g/mol. The van der Waals surface area contributed by atoms with Crippen LogP contribution in [0.15, 0.2) is 47.9 Å². The molecule has 0 fully saturated rings. The molecule has 110 valence electrons. The highest BCUT2D eigenvalue weighted by Gasteiger charge is 2.18. The average Bonchev–Trinajstić information content (AvgIpc) is 2.43. The molecule has 1 N–H and O–H groups in total. The number of rotatable bonds is 9. The summed E-state index contributed by atoms with van der Waals surface area (Å²) in [6.45, 7) is 8.77. The van der Waals surface area contributed by atoms with E-state index in [1.54, 1.807) is 0 Å². The maximum atomic E-state index is 11.0. The molecule has 0 atom stereocenters. The quantitative estimate of drug-likeness (QED) is 0.414. The van der Waals surface area contributed by atoms with Crippen molar-refractivity contribution in [3.63, 3.8) is 0 Å². The molecule has 20 heavy (non-hydrogen) atoms. The van der Waals surface area contributed by atoms with E-state index in [9.17, 15) is 4.79 Å². The van der Waals surface area contributed by atoms with E-state index < -0.39 is 0 Å². The zero-order valence-corrected chi connectivity index (χ0v) is 13.3. The van der Waals surface area contributed by atoms with Crippen LogP contribution in [0.5, 0.6) is 0 Å². The van der Waals surface area contributed by atoms with Gasteiger partial charge in [-0.3, -0.25) is 4.79 Å². The zero-order valence-electron chi connectivity index (χ0n) is 12.5. The summed E-state index contributed by atoms with van der Waals surface area (Å²) in [5.41, 5.74) is 0. The lowest BCUT2D eigenvalue weighted by molar-refractivity contribution is -0.116. The van der Waals surface area contributed by atoms with Crippen molar-refractivity contribution >= 4 is 17.7 Å². The second-order valence-corrected chi connectivity index (χ2v) is 7.26. The Morgan fingerprint density at radius 1 is 1.25 bits per heavy atom. The van der Waals surface area contributed by atoms with Gasteiger partial charge >= 0.3 is 0 Å². The van der Waals surface area contributed by atoms with Crippen molar-refractivity contribution in [2.45, 2.75) is 49.2 Å². The van der Waals surface area contributed by atoms with E-state index in [0.29, 0.717) is 0 Å². The summed E-state index contributed by atoms with van der Waals surface area (Å²) in [4.78, 5) is 12.3. The van der Waals surface area contributed by atoms with Crippen LogP contribution in [0.4, 0.5) is 0 Å². The molecule has 1 rings (SSSR count). The maximum Gasteiger partial charge on any atom is 0.243 e. The average molecular weight is 291 g/mol. The van der Waals surface area contributed by atoms with Crippen molar-refractivity contribution in [2.24, 2.45) is 0 Å². The van der Waals surface area contributed by atoms with E-state index in [0.717, 1.165) is 19.4 Å². The van der Waals surface area contributed by atoms with Gasteiger partial charge < -0.3 is 5.32 Å². The first kappa shape index (κ1) is 16.8. The SMILES string of the molecule is C=CC(=O)NCCCCCC(C)(C)Sc1ccccc1. The first-order valence-corrected chi connectivity index (χ1v) is 7.99. The van der Waals surface area contributed by atoms with Crippen LogP contribution in [0.3, 0.4) is 0 Å². The number of carbonyl (C=O) groups is 1. The molecular weight excluding hydrogens is 266 g/mol. The van der Waals surface area contributed by atoms with Gasteiger partial charge in [0.1, 0.15) is 0 Å². The summed E-state index contributed by atoms with van der Waals surface area (Å²) in [5, 5.41) is 2.81. The summed E-state index contributed by atoms with van der Waals surface area (Å²) in [7, 11) is 0. The van der Waals surface area contributed by atoms with Gasteiger partial charge in [-0.05, 0) is 31.1 Å². The van der Waals surface area contributed by atoms with Crippen LogP contribution in [-0.2, 0) is 4.79 Å². The molecule has 1 amide bonds. The molecule has 0 spiro atoms. The van der Waals surface area contributed by atoms with Crippen molar-refractivity contribution in [3.05, 3.63) is 43.0 Å². The van der Waals surface area contributed by atoms with Crippen LogP contribution < -0.4 is 5.32 Å². The molecule has 0 saturated heterocycles. The van der Waals surface area contributed by atoms with Crippen molar-refractivity contribution in [2.75, 3.05) is 6.54 Å². The summed E-state index contributed by atoms with van der Waals surface area (Å²) in [6, 6.07) is 10.5. The molecule has 0 aliphatic carbocycles. The van der Waals surface area contributed by atoms with E-state index >= 15 is 0 Å². The van der Waals surface area contributed by atoms with Gasteiger partial charge in [-0.1, -0.05) is 51.5 Å². The molecule has 0 saturated carbocycles. The number of carbonyl (C=O) groups excluding carboxylic acids is 1. The van der Waals surface area contributed by atoms with Crippen molar-refractivity contribution < 1.29 is 4.79 Å². The molecule has 3 heteroatoms. The third-order valence-electron chi connectivity index (χ3n) is 3.08. The van der Waals surface area contributed by atoms with Crippen LogP contribution in [0, 0.1) is 0 Å². The number of hydrogen-bond acceptors (Lipinski definition) is 2. The molecule has 0 unspecified atom stereocenters. The van der Waals surface area contributed by atoms with Gasteiger partial charge in [-0.2, -0.15) is 0 Å². The van der Waals surface area contributed by atoms with Gasteiger partial charge in [0, 0.05) is 16.2 Å². The Labute approximate surface area is 127 Å². The zero-order chi connectivity index (χ0) is 14.8. The van der Waals surface area contributed by atoms with E-state index in [4.69, 9.17) is 0 Å². The number of benzene rings is 1. The first-order valence-electron chi connectivity index (χ1n) is 7.18. The fourth-order valence-electron chi connectivity index (χ4n) is 1.99. The van der Waals surface area contributed by atoms with Gasteiger partial charge in [0.05, 0.1) is 0 Å². The molecule has 0 aromatic heterocycles. The van der Waals surface area contributed by atoms with Crippen LogP contribution in [0.25, 0.3) is 0 Å². The molecular formula is C17H25NOS. The lowest BCUT2D eigenvalue weighted by Crippen LogP contribution is -2.22. The Hall–Kier alpha value is -1.22. The van der Waals surface area contributed by atoms with Crippen molar-refractivity contribution in [1.82, 2.24) is 5.32 Å². The number of amides is 1. The largest absolute Gasteiger partial charge is 0.353 e. The summed E-state index contributed by atoms with van der Waals surface area (Å²) in [6.07, 6.45) is 5.88. The predicted molar refractivity (Wildman–Crippen MR) is 88.1 cm³/mol. The molecule has 0 bridgehead atoms. The highest BCUT2D eigenvalue weighted by atomic mass is 32.2. The van der Waals surface area contributed by atoms with E-state index in [1.165, 1.54) is 23.8 Å². The smallest absolute Gasteiger partial charge is 0.243 e. The Morgan fingerprint density at radius 2 is 1.95 bits per heavy atom. The topological polar surface area (TPSA) is 29.1 Å². The summed E-state index contributed by atoms with van der Waals surface area (Å²) in [5.74, 6) is -0.0787. The normalized spacial score (nSPS) is 11.1. The number of thioether (sulfide) groups is 1. The molecule has 1 aromatic carbocycles. The second kappa shape index (κ2) is 8.85. The molecule has 0 heterocycles. The Balaban J connectivity index is 2.17. The van der Waals surface area contributed by atoms with Gasteiger partial charge in [0.15, 0.2) is 0 Å². The van der Waals surface area contributed by atoms with Gasteiger partial charge in [-0.15, -0.1) is 11.8 Å². The highest BCUT2D eigenvalue weighted by Crippen LogP contribution is 2.36. The number of hydrogen-bond donors (Lipinski definition) is 1. The van der Waals surface area contributed by atoms with Crippen LogP contribution in [0.2, 0.25) is 0 Å². The third kappa shape index (κ3) is 7.39. The van der Waals surface area contributed by atoms with Crippen molar-refractivity contribution in [1.29, 1.82) is 0 Å². The van der Waals surface area contributed by atoms with Crippen LogP contribution in [0.1, 0.15) is 39.5 Å². The fraction of sp³-hybridized carbons (Fsp3) is 0.471. The summed E-state index contributed by atoms with van der Waals surface area (Å²) >= 11 is 1.94. The minimum atomic E-state index is -0.0787.